The van der Waals surface area contributed by atoms with Crippen molar-refractivity contribution in [1.29, 1.82) is 5.26 Å². The first-order valence-electron chi connectivity index (χ1n) is 4.07. The van der Waals surface area contributed by atoms with Crippen molar-refractivity contribution in [1.82, 2.24) is 4.98 Å². The van der Waals surface area contributed by atoms with Crippen LogP contribution in [-0.2, 0) is 17.8 Å². The Morgan fingerprint density at radius 1 is 1.62 bits per heavy atom. The van der Waals surface area contributed by atoms with E-state index in [2.05, 4.69) is 11.1 Å². The maximum Gasteiger partial charge on any atom is 0.141 e. The van der Waals surface area contributed by atoms with Crippen molar-refractivity contribution in [3.8, 4) is 6.07 Å². The number of rotatable bonds is 0. The Labute approximate surface area is 76.0 Å². The van der Waals surface area contributed by atoms with E-state index in [0.29, 0.717) is 24.6 Å². The third kappa shape index (κ3) is 1.23. The minimum atomic E-state index is 0.298. The Bertz CT molecular complexity index is 381. The van der Waals surface area contributed by atoms with Gasteiger partial charge in [-0.05, 0) is 12.0 Å². The van der Waals surface area contributed by atoms with Gasteiger partial charge in [-0.15, -0.1) is 0 Å². The highest BCUT2D eigenvalue weighted by Crippen LogP contribution is 2.22. The average molecular weight is 175 g/mol. The van der Waals surface area contributed by atoms with E-state index in [-0.39, 0.29) is 0 Å². The summed E-state index contributed by atoms with van der Waals surface area (Å²) in [7, 11) is 0. The third-order valence-electron chi connectivity index (χ3n) is 2.18. The van der Waals surface area contributed by atoms with Gasteiger partial charge in [0.2, 0.25) is 0 Å². The molecule has 0 amide bonds. The van der Waals surface area contributed by atoms with Crippen molar-refractivity contribution in [2.45, 2.75) is 13.0 Å². The van der Waals surface area contributed by atoms with Crippen molar-refractivity contribution in [2.24, 2.45) is 0 Å². The summed E-state index contributed by atoms with van der Waals surface area (Å²) in [6.45, 7) is 1.18. The van der Waals surface area contributed by atoms with E-state index in [1.165, 1.54) is 0 Å². The molecule has 1 aromatic heterocycles. The first-order chi connectivity index (χ1) is 6.33. The molecule has 1 aliphatic rings. The predicted octanol–water partition coefficient (Wildman–Crippen LogP) is 0.608. The molecule has 0 radical (unpaired) electrons. The lowest BCUT2D eigenvalue weighted by Crippen LogP contribution is -2.13. The van der Waals surface area contributed by atoms with Crippen LogP contribution in [0.1, 0.15) is 16.7 Å². The summed E-state index contributed by atoms with van der Waals surface area (Å²) in [6, 6.07) is 2.06. The summed E-state index contributed by atoms with van der Waals surface area (Å²) in [4.78, 5) is 3.96. The maximum atomic E-state index is 8.85. The van der Waals surface area contributed by atoms with Crippen LogP contribution in [0.15, 0.2) is 6.20 Å². The Balaban J connectivity index is 2.60. The fraction of sp³-hybridized carbons (Fsp3) is 0.333. The Hall–Kier alpha value is -1.60. The van der Waals surface area contributed by atoms with E-state index >= 15 is 0 Å². The molecule has 66 valence electrons. The molecule has 0 saturated heterocycles. The highest BCUT2D eigenvalue weighted by molar-refractivity contribution is 5.55. The van der Waals surface area contributed by atoms with Crippen LogP contribution in [0.5, 0.6) is 0 Å². The fourth-order valence-electron chi connectivity index (χ4n) is 1.47. The first kappa shape index (κ1) is 8.02. The number of fused-ring (bicyclic) bond motifs is 1. The van der Waals surface area contributed by atoms with Gasteiger partial charge in [0.25, 0.3) is 0 Å². The van der Waals surface area contributed by atoms with Gasteiger partial charge in [0.05, 0.1) is 18.8 Å². The molecule has 0 fully saturated rings. The molecule has 0 saturated carbocycles. The molecule has 0 atom stereocenters. The molecular weight excluding hydrogens is 166 g/mol. The van der Waals surface area contributed by atoms with E-state index < -0.39 is 0 Å². The van der Waals surface area contributed by atoms with Gasteiger partial charge in [-0.25, -0.2) is 4.98 Å². The highest BCUT2D eigenvalue weighted by Gasteiger charge is 2.16. The lowest BCUT2D eigenvalue weighted by atomic mass is 10.0. The van der Waals surface area contributed by atoms with Crippen LogP contribution in [0, 0.1) is 11.3 Å². The molecule has 0 unspecified atom stereocenters. The minimum absolute atomic E-state index is 0.298. The Morgan fingerprint density at radius 2 is 2.46 bits per heavy atom. The number of hydrogen-bond acceptors (Lipinski definition) is 4. The summed E-state index contributed by atoms with van der Waals surface area (Å²) >= 11 is 0. The van der Waals surface area contributed by atoms with E-state index in [4.69, 9.17) is 15.7 Å². The number of anilines is 1. The SMILES string of the molecule is N#Cc1c(N)ncc2c1COCC2. The van der Waals surface area contributed by atoms with Crippen LogP contribution in [-0.4, -0.2) is 11.6 Å². The van der Waals surface area contributed by atoms with Gasteiger partial charge < -0.3 is 10.5 Å². The Morgan fingerprint density at radius 3 is 3.23 bits per heavy atom. The lowest BCUT2D eigenvalue weighted by molar-refractivity contribution is 0.110. The molecule has 0 aromatic carbocycles. The van der Waals surface area contributed by atoms with Crippen molar-refractivity contribution in [2.75, 3.05) is 12.3 Å². The number of ether oxygens (including phenoxy) is 1. The van der Waals surface area contributed by atoms with Gasteiger partial charge in [0, 0.05) is 11.8 Å². The fourth-order valence-corrected chi connectivity index (χ4v) is 1.47. The largest absolute Gasteiger partial charge is 0.383 e. The second-order valence-corrected chi connectivity index (χ2v) is 2.94. The summed E-state index contributed by atoms with van der Waals surface area (Å²) < 4.78 is 5.26. The minimum Gasteiger partial charge on any atom is -0.383 e. The topological polar surface area (TPSA) is 71.9 Å². The summed E-state index contributed by atoms with van der Waals surface area (Å²) in [5.41, 5.74) is 8.02. The standard InChI is InChI=1S/C9H9N3O/c10-3-7-8-5-13-2-1-6(8)4-12-9(7)11/h4H,1-2,5H2,(H2,11,12). The quantitative estimate of drug-likeness (QED) is 0.627. The molecule has 1 aliphatic heterocycles. The van der Waals surface area contributed by atoms with Crippen molar-refractivity contribution in [3.05, 3.63) is 22.9 Å². The van der Waals surface area contributed by atoms with Gasteiger partial charge >= 0.3 is 0 Å². The number of nitrogens with zero attached hydrogens (tertiary/aromatic N) is 2. The average Bonchev–Trinajstić information content (AvgIpc) is 2.18. The zero-order valence-corrected chi connectivity index (χ0v) is 7.08. The monoisotopic (exact) mass is 175 g/mol. The van der Waals surface area contributed by atoms with Gasteiger partial charge in [-0.3, -0.25) is 0 Å². The van der Waals surface area contributed by atoms with Crippen LogP contribution in [0.3, 0.4) is 0 Å². The highest BCUT2D eigenvalue weighted by atomic mass is 16.5. The summed E-state index contributed by atoms with van der Waals surface area (Å²) in [6.07, 6.45) is 2.55. The molecule has 2 rings (SSSR count). The number of hydrogen-bond donors (Lipinski definition) is 1. The van der Waals surface area contributed by atoms with E-state index in [1.54, 1.807) is 6.20 Å². The van der Waals surface area contributed by atoms with Crippen LogP contribution in [0.2, 0.25) is 0 Å². The normalized spacial score (nSPS) is 14.7. The number of nitrogens with two attached hydrogens (primary N) is 1. The van der Waals surface area contributed by atoms with Crippen LogP contribution >= 0.6 is 0 Å². The molecule has 2 N–H and O–H groups in total. The Kier molecular flexibility index (Phi) is 1.87. The van der Waals surface area contributed by atoms with Crippen LogP contribution in [0.25, 0.3) is 0 Å². The summed E-state index contributed by atoms with van der Waals surface area (Å²) in [5.74, 6) is 0.298. The number of aromatic nitrogens is 1. The first-order valence-corrected chi connectivity index (χ1v) is 4.07. The molecule has 0 aliphatic carbocycles. The molecule has 0 bridgehead atoms. The zero-order chi connectivity index (χ0) is 9.26. The van der Waals surface area contributed by atoms with Crippen molar-refractivity contribution < 1.29 is 4.74 Å². The van der Waals surface area contributed by atoms with Crippen LogP contribution < -0.4 is 5.73 Å². The molecule has 4 nitrogen and oxygen atoms in total. The molecule has 2 heterocycles. The van der Waals surface area contributed by atoms with Gasteiger partial charge in [0.15, 0.2) is 0 Å². The van der Waals surface area contributed by atoms with E-state index in [9.17, 15) is 0 Å². The molecular formula is C9H9N3O. The van der Waals surface area contributed by atoms with Gasteiger partial charge in [-0.1, -0.05) is 0 Å². The van der Waals surface area contributed by atoms with Crippen LogP contribution in [0.4, 0.5) is 5.82 Å². The molecule has 0 spiro atoms. The predicted molar refractivity (Wildman–Crippen MR) is 46.7 cm³/mol. The van der Waals surface area contributed by atoms with Crippen molar-refractivity contribution >= 4 is 5.82 Å². The smallest absolute Gasteiger partial charge is 0.141 e. The zero-order valence-electron chi connectivity index (χ0n) is 7.08. The summed E-state index contributed by atoms with van der Waals surface area (Å²) in [5, 5.41) is 8.85. The van der Waals surface area contributed by atoms with E-state index in [1.807, 2.05) is 0 Å². The van der Waals surface area contributed by atoms with Gasteiger partial charge in [0.1, 0.15) is 11.9 Å². The lowest BCUT2D eigenvalue weighted by Gasteiger charge is -2.17. The van der Waals surface area contributed by atoms with E-state index in [0.717, 1.165) is 17.5 Å². The second kappa shape index (κ2) is 3.04. The van der Waals surface area contributed by atoms with Crippen molar-refractivity contribution in [3.63, 3.8) is 0 Å². The maximum absolute atomic E-state index is 8.85. The third-order valence-corrected chi connectivity index (χ3v) is 2.18. The number of nitrogen functional groups attached to an aromatic ring is 1. The molecule has 4 heteroatoms. The molecule has 1 aromatic rings. The molecule has 13 heavy (non-hydrogen) atoms. The number of nitriles is 1. The number of pyridine rings is 1. The van der Waals surface area contributed by atoms with Gasteiger partial charge in [-0.2, -0.15) is 5.26 Å². The second-order valence-electron chi connectivity index (χ2n) is 2.94.